The summed E-state index contributed by atoms with van der Waals surface area (Å²) in [5.74, 6) is 0. The van der Waals surface area contributed by atoms with Gasteiger partial charge in [0.05, 0.1) is 0 Å². The van der Waals surface area contributed by atoms with Crippen LogP contribution in [0.2, 0.25) is 0 Å². The van der Waals surface area contributed by atoms with Gasteiger partial charge in [-0.2, -0.15) is 17.7 Å². The summed E-state index contributed by atoms with van der Waals surface area (Å²) in [6.45, 7) is 0.462. The molecule has 2 aromatic carbocycles. The monoisotopic (exact) mass is 241 g/mol. The minimum atomic E-state index is 0. The van der Waals surface area contributed by atoms with Crippen LogP contribution in [0.4, 0.5) is 0 Å². The van der Waals surface area contributed by atoms with Gasteiger partial charge >= 0.3 is 0 Å². The molecule has 2 aromatic rings. The molecule has 0 radical (unpaired) electrons. The van der Waals surface area contributed by atoms with Crippen molar-refractivity contribution in [2.45, 2.75) is 6.54 Å². The van der Waals surface area contributed by atoms with Crippen LogP contribution in [0.15, 0.2) is 59.7 Å². The van der Waals surface area contributed by atoms with Gasteiger partial charge in [-0.15, -0.1) is 5.11 Å². The molecule has 0 atom stereocenters. The first-order chi connectivity index (χ1) is 6.93. The first kappa shape index (κ1) is 13.5. The molecule has 2 rings (SSSR count). The average Bonchev–Trinajstić information content (AvgIpc) is 2.90. The Kier molecular flexibility index (Phi) is 8.21. The van der Waals surface area contributed by atoms with Crippen molar-refractivity contribution in [1.82, 2.24) is 0 Å². The van der Waals surface area contributed by atoms with Gasteiger partial charge in [-0.25, -0.2) is 12.1 Å². The molecule has 0 saturated carbocycles. The molecule has 4 heteroatoms. The summed E-state index contributed by atoms with van der Waals surface area (Å²) >= 11 is 0. The van der Waals surface area contributed by atoms with Gasteiger partial charge in [0.15, 0.2) is 0 Å². The summed E-state index contributed by atoms with van der Waals surface area (Å²) in [4.78, 5) is 2.64. The van der Waals surface area contributed by atoms with Crippen molar-refractivity contribution in [3.8, 4) is 0 Å². The Hall–Kier alpha value is -1.47. The van der Waals surface area contributed by atoms with E-state index in [1.165, 1.54) is 0 Å². The second-order valence-electron chi connectivity index (χ2n) is 2.64. The third-order valence-electron chi connectivity index (χ3n) is 1.60. The summed E-state index contributed by atoms with van der Waals surface area (Å²) in [6, 6.07) is 17.7. The standard InChI is InChI=1S/C6H6N3.C5H5.Fe/c7-9-8-5-6-3-1-2-4-6;1-2-4-5-3-1;/h1-4H,5H2;1-5H;/q-1;-5;. The van der Waals surface area contributed by atoms with E-state index >= 15 is 0 Å². The number of hydrogen-bond donors (Lipinski definition) is 0. The molecule has 0 saturated heterocycles. The molecule has 0 aliphatic rings. The van der Waals surface area contributed by atoms with Gasteiger partial charge in [-0.3, -0.25) is 0 Å². The van der Waals surface area contributed by atoms with Crippen molar-refractivity contribution < 1.29 is 17.1 Å². The Bertz CT molecular complexity index is 341. The molecular weight excluding hydrogens is 230 g/mol. The maximum atomic E-state index is 7.92. The van der Waals surface area contributed by atoms with Crippen molar-refractivity contribution in [2.75, 3.05) is 0 Å². The van der Waals surface area contributed by atoms with Crippen molar-refractivity contribution in [3.05, 3.63) is 70.6 Å². The van der Waals surface area contributed by atoms with Crippen LogP contribution in [0.5, 0.6) is 0 Å². The normalized spacial score (nSPS) is 7.73. The summed E-state index contributed by atoms with van der Waals surface area (Å²) in [6.07, 6.45) is 0. The maximum Gasteiger partial charge on any atom is 0.00521 e. The fourth-order valence-electron chi connectivity index (χ4n) is 0.953. The second-order valence-corrected chi connectivity index (χ2v) is 2.64. The molecular formula is C11H11FeN3-6. The topological polar surface area (TPSA) is 48.8 Å². The van der Waals surface area contributed by atoms with E-state index in [1.807, 2.05) is 54.6 Å². The molecule has 0 unspecified atom stereocenters. The van der Waals surface area contributed by atoms with Crippen LogP contribution in [0, 0.1) is 0 Å². The van der Waals surface area contributed by atoms with Crippen molar-refractivity contribution in [1.29, 1.82) is 0 Å². The van der Waals surface area contributed by atoms with Crippen LogP contribution in [0.3, 0.4) is 0 Å². The summed E-state index contributed by atoms with van der Waals surface area (Å²) in [7, 11) is 0. The van der Waals surface area contributed by atoms with Crippen LogP contribution in [-0.4, -0.2) is 0 Å². The van der Waals surface area contributed by atoms with E-state index in [4.69, 9.17) is 5.53 Å². The summed E-state index contributed by atoms with van der Waals surface area (Å²) in [5, 5.41) is 3.39. The zero-order valence-electron chi connectivity index (χ0n) is 8.10. The van der Waals surface area contributed by atoms with Crippen LogP contribution in [0.1, 0.15) is 5.56 Å². The first-order valence-corrected chi connectivity index (χ1v) is 4.31. The van der Waals surface area contributed by atoms with Crippen LogP contribution in [-0.2, 0) is 23.6 Å². The van der Waals surface area contributed by atoms with E-state index in [0.717, 1.165) is 5.56 Å². The number of nitrogens with zero attached hydrogens (tertiary/aromatic N) is 3. The third kappa shape index (κ3) is 6.58. The molecule has 0 aromatic heterocycles. The Balaban J connectivity index is 0.000000280. The summed E-state index contributed by atoms with van der Waals surface area (Å²) < 4.78 is 0. The van der Waals surface area contributed by atoms with E-state index in [2.05, 4.69) is 10.0 Å². The van der Waals surface area contributed by atoms with Crippen LogP contribution in [0.25, 0.3) is 10.4 Å². The van der Waals surface area contributed by atoms with E-state index < -0.39 is 0 Å². The largest absolute Gasteiger partial charge is 0.748 e. The molecule has 0 spiro atoms. The van der Waals surface area contributed by atoms with Crippen molar-refractivity contribution in [2.24, 2.45) is 5.11 Å². The van der Waals surface area contributed by atoms with E-state index in [0.29, 0.717) is 6.54 Å². The fourth-order valence-corrected chi connectivity index (χ4v) is 0.953. The fraction of sp³-hybridized carbons (Fsp3) is 0.0909. The van der Waals surface area contributed by atoms with Gasteiger partial charge in [-0.1, -0.05) is 0 Å². The number of rotatable bonds is 2. The van der Waals surface area contributed by atoms with Crippen molar-refractivity contribution >= 4 is 0 Å². The molecule has 3 nitrogen and oxygen atoms in total. The van der Waals surface area contributed by atoms with Gasteiger partial charge in [-0.05, 0) is 5.53 Å². The second kappa shape index (κ2) is 9.10. The molecule has 0 fully saturated rings. The Morgan fingerprint density at radius 3 is 1.93 bits per heavy atom. The zero-order valence-corrected chi connectivity index (χ0v) is 9.20. The molecule has 0 amide bonds. The Morgan fingerprint density at radius 1 is 1.07 bits per heavy atom. The minimum absolute atomic E-state index is 0. The van der Waals surface area contributed by atoms with Gasteiger partial charge in [0.1, 0.15) is 0 Å². The quantitative estimate of drug-likeness (QED) is 0.253. The molecule has 15 heavy (non-hydrogen) atoms. The Morgan fingerprint density at radius 2 is 1.53 bits per heavy atom. The first-order valence-electron chi connectivity index (χ1n) is 4.31. The third-order valence-corrected chi connectivity index (χ3v) is 1.60. The van der Waals surface area contributed by atoms with Crippen LogP contribution >= 0.6 is 0 Å². The molecule has 0 aliphatic carbocycles. The minimum Gasteiger partial charge on any atom is -0.748 e. The molecule has 0 N–H and O–H groups in total. The predicted octanol–water partition coefficient (Wildman–Crippen LogP) is 3.62. The summed E-state index contributed by atoms with van der Waals surface area (Å²) in [5.41, 5.74) is 8.99. The SMILES string of the molecule is [Fe].[N-]=[N+]=NC[c-]1cccc1.[cH-]1[cH-][cH-][cH-][cH-]1. The molecule has 84 valence electrons. The molecule has 0 aliphatic heterocycles. The van der Waals surface area contributed by atoms with E-state index in [9.17, 15) is 0 Å². The number of azide groups is 1. The molecule has 0 bridgehead atoms. The van der Waals surface area contributed by atoms with E-state index in [1.54, 1.807) is 0 Å². The van der Waals surface area contributed by atoms with Gasteiger partial charge in [0.25, 0.3) is 0 Å². The zero-order chi connectivity index (χ0) is 10.1. The van der Waals surface area contributed by atoms with Gasteiger partial charge in [0.2, 0.25) is 0 Å². The van der Waals surface area contributed by atoms with Crippen molar-refractivity contribution in [3.63, 3.8) is 0 Å². The Labute approximate surface area is 99.6 Å². The average molecular weight is 241 g/mol. The van der Waals surface area contributed by atoms with Gasteiger partial charge < -0.3 is 30.3 Å². The number of hydrogen-bond acceptors (Lipinski definition) is 1. The van der Waals surface area contributed by atoms with Gasteiger partial charge in [0, 0.05) is 28.5 Å². The van der Waals surface area contributed by atoms with E-state index in [-0.39, 0.29) is 17.1 Å². The maximum absolute atomic E-state index is 7.92. The smallest absolute Gasteiger partial charge is 0.00521 e. The predicted molar refractivity (Wildman–Crippen MR) is 56.9 cm³/mol. The van der Waals surface area contributed by atoms with Crippen LogP contribution < -0.4 is 0 Å². The molecule has 0 heterocycles.